The normalized spacial score (nSPS) is 12.1. The molecule has 5 aromatic carbocycles. The van der Waals surface area contributed by atoms with Crippen LogP contribution in [0, 0.1) is 0 Å². The molecule has 4 aromatic heterocycles. The molecule has 9 aromatic rings. The molecular weight excluding hydrogens is 482 g/mol. The molecule has 0 unspecified atom stereocenters. The highest BCUT2D eigenvalue weighted by atomic mass is 16.3. The zero-order valence-electron chi connectivity index (χ0n) is 20.6. The topological polar surface area (TPSA) is 57.0 Å². The Balaban J connectivity index is 1.47. The second-order valence-electron chi connectivity index (χ2n) is 9.83. The van der Waals surface area contributed by atoms with E-state index >= 15 is 0 Å². The molecule has 5 nitrogen and oxygen atoms in total. The van der Waals surface area contributed by atoms with Gasteiger partial charge in [0.15, 0.2) is 17.2 Å². The van der Waals surface area contributed by atoms with Crippen LogP contribution in [-0.2, 0) is 0 Å². The molecule has 0 saturated carbocycles. The Labute approximate surface area is 221 Å². The molecule has 5 heteroatoms. The lowest BCUT2D eigenvalue weighted by molar-refractivity contribution is 0.662. The Bertz CT molecular complexity index is 2390. The van der Waals surface area contributed by atoms with Gasteiger partial charge in [0.25, 0.3) is 0 Å². The lowest BCUT2D eigenvalue weighted by atomic mass is 10.1. The van der Waals surface area contributed by atoms with Crippen molar-refractivity contribution in [1.29, 1.82) is 0 Å². The van der Waals surface area contributed by atoms with Crippen LogP contribution in [0.25, 0.3) is 83.0 Å². The molecule has 0 aliphatic carbocycles. The lowest BCUT2D eigenvalue weighted by Gasteiger charge is -2.10. The van der Waals surface area contributed by atoms with Crippen molar-refractivity contribution in [2.75, 3.05) is 0 Å². The van der Waals surface area contributed by atoms with E-state index in [1.165, 1.54) is 0 Å². The number of hydrogen-bond donors (Lipinski definition) is 0. The highest BCUT2D eigenvalue weighted by Gasteiger charge is 2.22. The number of furan rings is 2. The zero-order chi connectivity index (χ0) is 25.5. The van der Waals surface area contributed by atoms with E-state index in [0.29, 0.717) is 17.2 Å². The highest BCUT2D eigenvalue weighted by Crippen LogP contribution is 2.40. The molecule has 0 saturated heterocycles. The average Bonchev–Trinajstić information content (AvgIpc) is 3.65. The van der Waals surface area contributed by atoms with Gasteiger partial charge in [-0.2, -0.15) is 0 Å². The van der Waals surface area contributed by atoms with Crippen molar-refractivity contribution in [3.8, 4) is 17.2 Å². The summed E-state index contributed by atoms with van der Waals surface area (Å²) in [5, 5.41) is 5.45. The van der Waals surface area contributed by atoms with Crippen LogP contribution in [0.5, 0.6) is 0 Å². The predicted molar refractivity (Wildman–Crippen MR) is 156 cm³/mol. The molecule has 0 spiro atoms. The summed E-state index contributed by atoms with van der Waals surface area (Å²) in [5.74, 6) is 1.36. The smallest absolute Gasteiger partial charge is 0.197 e. The molecule has 39 heavy (non-hydrogen) atoms. The van der Waals surface area contributed by atoms with Crippen LogP contribution in [-0.4, -0.2) is 14.5 Å². The highest BCUT2D eigenvalue weighted by molar-refractivity contribution is 6.18. The lowest BCUT2D eigenvalue weighted by Crippen LogP contribution is -2.01. The first-order chi connectivity index (χ1) is 19.3. The second kappa shape index (κ2) is 7.55. The molecule has 9 rings (SSSR count). The molecular formula is C34H19N3O2. The third kappa shape index (κ3) is 2.84. The Morgan fingerprint density at radius 2 is 1.18 bits per heavy atom. The number of nitrogens with zero attached hydrogens (tertiary/aromatic N) is 3. The van der Waals surface area contributed by atoms with Crippen LogP contribution >= 0.6 is 0 Å². The molecule has 0 radical (unpaired) electrons. The molecule has 0 atom stereocenters. The average molecular weight is 502 g/mol. The van der Waals surface area contributed by atoms with Crippen LogP contribution in [0.2, 0.25) is 0 Å². The summed E-state index contributed by atoms with van der Waals surface area (Å²) in [4.78, 5) is 10.2. The van der Waals surface area contributed by atoms with Crippen LogP contribution < -0.4 is 0 Å². The number of fused-ring (bicyclic) bond motifs is 9. The van der Waals surface area contributed by atoms with Gasteiger partial charge < -0.3 is 8.83 Å². The van der Waals surface area contributed by atoms with Crippen molar-refractivity contribution in [3.05, 3.63) is 115 Å². The number of hydrogen-bond acceptors (Lipinski definition) is 4. The van der Waals surface area contributed by atoms with Gasteiger partial charge in [-0.3, -0.25) is 4.57 Å². The van der Waals surface area contributed by atoms with Gasteiger partial charge in [-0.25, -0.2) is 9.97 Å². The number of aromatic nitrogens is 3. The summed E-state index contributed by atoms with van der Waals surface area (Å²) in [7, 11) is 0. The fourth-order valence-electron chi connectivity index (χ4n) is 5.86. The summed E-state index contributed by atoms with van der Waals surface area (Å²) < 4.78 is 15.0. The minimum absolute atomic E-state index is 0.653. The summed E-state index contributed by atoms with van der Waals surface area (Å²) in [6.45, 7) is 0. The SMILES string of the molecule is c1ccc(-c2nc(-n3c4ccccc4c4cc5c(cc43)oc3ccccc35)c3oc4ccccc4c3n2)cc1. The molecule has 0 aliphatic rings. The Morgan fingerprint density at radius 1 is 0.487 bits per heavy atom. The van der Waals surface area contributed by atoms with Crippen LogP contribution in [0.4, 0.5) is 0 Å². The van der Waals surface area contributed by atoms with Crippen molar-refractivity contribution in [3.63, 3.8) is 0 Å². The van der Waals surface area contributed by atoms with Crippen molar-refractivity contribution < 1.29 is 8.83 Å². The van der Waals surface area contributed by atoms with E-state index in [1.807, 2.05) is 60.7 Å². The van der Waals surface area contributed by atoms with Crippen molar-refractivity contribution in [1.82, 2.24) is 14.5 Å². The van der Waals surface area contributed by atoms with Crippen LogP contribution in [0.15, 0.2) is 124 Å². The summed E-state index contributed by atoms with van der Waals surface area (Å²) in [6, 6.07) is 39.1. The maximum absolute atomic E-state index is 6.46. The molecule has 4 heterocycles. The van der Waals surface area contributed by atoms with Gasteiger partial charge in [-0.05, 0) is 30.3 Å². The molecule has 0 amide bonds. The molecule has 0 bridgehead atoms. The third-order valence-corrected chi connectivity index (χ3v) is 7.62. The van der Waals surface area contributed by atoms with Gasteiger partial charge in [-0.1, -0.05) is 78.9 Å². The number of para-hydroxylation sites is 3. The standard InChI is InChI=1S/C34H19N3O2/c1-2-10-20(11-3-1)33-35-31-23-14-6-9-17-29(23)39-32(31)34(36-33)37-26-15-7-4-12-21(26)24-18-25-22-13-5-8-16-28(22)38-30(25)19-27(24)37/h1-19H. The van der Waals surface area contributed by atoms with E-state index in [1.54, 1.807) is 0 Å². The molecule has 182 valence electrons. The van der Waals surface area contributed by atoms with Crippen molar-refractivity contribution >= 4 is 65.8 Å². The first kappa shape index (κ1) is 20.6. The van der Waals surface area contributed by atoms with Gasteiger partial charge in [0.1, 0.15) is 22.3 Å². The van der Waals surface area contributed by atoms with Crippen LogP contribution in [0.3, 0.4) is 0 Å². The largest absolute Gasteiger partial charge is 0.456 e. The Morgan fingerprint density at radius 3 is 2.03 bits per heavy atom. The second-order valence-corrected chi connectivity index (χ2v) is 9.83. The van der Waals surface area contributed by atoms with Crippen molar-refractivity contribution in [2.24, 2.45) is 0 Å². The van der Waals surface area contributed by atoms with Gasteiger partial charge in [0.05, 0.1) is 11.0 Å². The van der Waals surface area contributed by atoms with E-state index in [4.69, 9.17) is 18.8 Å². The minimum Gasteiger partial charge on any atom is -0.456 e. The van der Waals surface area contributed by atoms with Crippen molar-refractivity contribution in [2.45, 2.75) is 0 Å². The van der Waals surface area contributed by atoms with Gasteiger partial charge in [0, 0.05) is 38.6 Å². The van der Waals surface area contributed by atoms with E-state index in [9.17, 15) is 0 Å². The Hall–Kier alpha value is -5.42. The fraction of sp³-hybridized carbons (Fsp3) is 0. The maximum Gasteiger partial charge on any atom is 0.197 e. The summed E-state index contributed by atoms with van der Waals surface area (Å²) in [5.41, 5.74) is 6.95. The Kier molecular flexibility index (Phi) is 3.99. The van der Waals surface area contributed by atoms with E-state index in [0.717, 1.165) is 65.8 Å². The van der Waals surface area contributed by atoms with Gasteiger partial charge in [0.2, 0.25) is 0 Å². The van der Waals surface area contributed by atoms with Gasteiger partial charge >= 0.3 is 0 Å². The fourth-order valence-corrected chi connectivity index (χ4v) is 5.86. The third-order valence-electron chi connectivity index (χ3n) is 7.62. The number of benzene rings is 5. The maximum atomic E-state index is 6.46. The summed E-state index contributed by atoms with van der Waals surface area (Å²) in [6.07, 6.45) is 0. The number of rotatable bonds is 2. The summed E-state index contributed by atoms with van der Waals surface area (Å²) >= 11 is 0. The van der Waals surface area contributed by atoms with E-state index in [2.05, 4.69) is 59.2 Å². The van der Waals surface area contributed by atoms with E-state index < -0.39 is 0 Å². The van der Waals surface area contributed by atoms with Crippen LogP contribution in [0.1, 0.15) is 0 Å². The van der Waals surface area contributed by atoms with Gasteiger partial charge in [-0.15, -0.1) is 0 Å². The predicted octanol–water partition coefficient (Wildman–Crippen LogP) is 9.04. The van der Waals surface area contributed by atoms with E-state index in [-0.39, 0.29) is 0 Å². The zero-order valence-corrected chi connectivity index (χ0v) is 20.6. The molecule has 0 fully saturated rings. The molecule has 0 aliphatic heterocycles. The first-order valence-electron chi connectivity index (χ1n) is 12.9. The first-order valence-corrected chi connectivity index (χ1v) is 12.9. The monoisotopic (exact) mass is 501 g/mol. The minimum atomic E-state index is 0.653. The molecule has 0 N–H and O–H groups in total. The quantitative estimate of drug-likeness (QED) is 0.237.